The Morgan fingerprint density at radius 3 is 2.86 bits per heavy atom. The van der Waals surface area contributed by atoms with Gasteiger partial charge in [-0.05, 0) is 5.82 Å². The predicted molar refractivity (Wildman–Crippen MR) is 27.4 cm³/mol. The van der Waals surface area contributed by atoms with Crippen molar-refractivity contribution >= 4 is 14.7 Å². The van der Waals surface area contributed by atoms with E-state index in [4.69, 9.17) is 5.41 Å². The molecule has 1 heterocycles. The third-order valence-corrected chi connectivity index (χ3v) is 0.965. The monoisotopic (exact) mass is 117 g/mol. The highest BCUT2D eigenvalue weighted by atomic mass is 31.1. The third-order valence-electron chi connectivity index (χ3n) is 0.482. The van der Waals surface area contributed by atoms with Gasteiger partial charge >= 0.3 is 0 Å². The van der Waals surface area contributed by atoms with Crippen LogP contribution in [0.25, 0.3) is 0 Å². The van der Waals surface area contributed by atoms with Gasteiger partial charge in [-0.15, -0.1) is 0 Å². The topological polar surface area (TPSA) is 42.3 Å². The van der Waals surface area contributed by atoms with Crippen LogP contribution in [0.4, 0.5) is 0 Å². The number of hydrogen-bond acceptors (Lipinski definition) is 3. The van der Waals surface area contributed by atoms with Gasteiger partial charge in [0.15, 0.2) is 0 Å². The molecule has 0 aliphatic carbocycles. The predicted octanol–water partition coefficient (Wildman–Crippen LogP) is 1.03. The minimum Gasteiger partial charge on any atom is -0.314 e. The first-order chi connectivity index (χ1) is 3.39. The van der Waals surface area contributed by atoms with Gasteiger partial charge in [-0.3, -0.25) is 5.41 Å². The first-order valence-electron chi connectivity index (χ1n) is 1.74. The Kier molecular flexibility index (Phi) is 1.39. The number of nitrogens with one attached hydrogen (secondary N) is 1. The van der Waals surface area contributed by atoms with Crippen LogP contribution in [-0.2, 0) is 9.56 Å². The van der Waals surface area contributed by atoms with Crippen molar-refractivity contribution in [2.75, 3.05) is 0 Å². The Morgan fingerprint density at radius 2 is 2.57 bits per heavy atom. The van der Waals surface area contributed by atoms with Crippen molar-refractivity contribution in [3.63, 3.8) is 0 Å². The lowest BCUT2D eigenvalue weighted by atomic mass is 10.6. The van der Waals surface area contributed by atoms with Crippen molar-refractivity contribution in [2.45, 2.75) is 0 Å². The van der Waals surface area contributed by atoms with Gasteiger partial charge in [-0.25, -0.2) is 0 Å². The molecule has 0 aromatic rings. The van der Waals surface area contributed by atoms with Crippen LogP contribution in [0.5, 0.6) is 0 Å². The van der Waals surface area contributed by atoms with E-state index in [1.54, 1.807) is 11.9 Å². The van der Waals surface area contributed by atoms with Crippen molar-refractivity contribution in [1.29, 1.82) is 5.41 Å². The first kappa shape index (κ1) is 4.75. The van der Waals surface area contributed by atoms with E-state index in [1.165, 1.54) is 0 Å². The molecule has 0 aromatic heterocycles. The lowest BCUT2D eigenvalue weighted by Crippen LogP contribution is -1.97. The van der Waals surface area contributed by atoms with Crippen LogP contribution in [0.3, 0.4) is 0 Å². The van der Waals surface area contributed by atoms with Crippen LogP contribution < -0.4 is 0 Å². The highest BCUT2D eigenvalue weighted by Gasteiger charge is 1.96. The molecule has 7 heavy (non-hydrogen) atoms. The zero-order valence-electron chi connectivity index (χ0n) is 3.47. The second-order valence-corrected chi connectivity index (χ2v) is 1.72. The van der Waals surface area contributed by atoms with Crippen molar-refractivity contribution in [1.82, 2.24) is 0 Å². The van der Waals surface area contributed by atoms with E-state index in [-0.39, 0.29) is 14.7 Å². The molecular weight excluding hydrogens is 113 g/mol. The zero-order chi connectivity index (χ0) is 5.11. The van der Waals surface area contributed by atoms with Crippen molar-refractivity contribution < 1.29 is 9.56 Å². The summed E-state index contributed by atoms with van der Waals surface area (Å²) < 4.78 is 4.40. The summed E-state index contributed by atoms with van der Waals surface area (Å²) in [5.41, 5.74) is 0. The van der Waals surface area contributed by atoms with Crippen molar-refractivity contribution in [3.05, 3.63) is 11.9 Å². The molecule has 1 aliphatic rings. The Bertz CT molecular complexity index is 112. The van der Waals surface area contributed by atoms with Crippen molar-refractivity contribution in [3.8, 4) is 0 Å². The molecule has 1 atom stereocenters. The third kappa shape index (κ3) is 1.26. The number of hydrogen-bond donors (Lipinski definition) is 1. The maximum atomic E-state index is 6.76. The van der Waals surface area contributed by atoms with E-state index in [0.717, 1.165) is 0 Å². The van der Waals surface area contributed by atoms with Crippen LogP contribution in [0.2, 0.25) is 0 Å². The van der Waals surface area contributed by atoms with E-state index in [2.05, 4.69) is 9.56 Å². The van der Waals surface area contributed by atoms with Crippen LogP contribution in [0, 0.1) is 5.41 Å². The second-order valence-electron chi connectivity index (χ2n) is 0.982. The molecule has 3 nitrogen and oxygen atoms in total. The molecule has 1 aliphatic heterocycles. The molecule has 0 spiro atoms. The van der Waals surface area contributed by atoms with E-state index >= 15 is 0 Å². The largest absolute Gasteiger partial charge is 0.314 e. The summed E-state index contributed by atoms with van der Waals surface area (Å²) in [6.45, 7) is 0. The standard InChI is InChI=1S/C3H4NO2P/c4-3-1-2-7-6-5-3/h1-2,4,7H. The zero-order valence-corrected chi connectivity index (χ0v) is 4.47. The molecule has 0 aromatic carbocycles. The summed E-state index contributed by atoms with van der Waals surface area (Å²) in [7, 11) is 0.244. The fraction of sp³-hybridized carbons (Fsp3) is 0. The molecule has 1 unspecified atom stereocenters. The molecular formula is C3H4NO2P. The van der Waals surface area contributed by atoms with Crippen molar-refractivity contribution in [2.24, 2.45) is 0 Å². The smallest absolute Gasteiger partial charge is 0.249 e. The molecule has 38 valence electrons. The Hall–Kier alpha value is -0.400. The quantitative estimate of drug-likeness (QED) is 0.380. The minimum atomic E-state index is 0.0683. The van der Waals surface area contributed by atoms with Crippen LogP contribution in [0.1, 0.15) is 0 Å². The second kappa shape index (κ2) is 2.05. The van der Waals surface area contributed by atoms with E-state index in [9.17, 15) is 0 Å². The normalized spacial score (nSPS) is 22.6. The fourth-order valence-corrected chi connectivity index (χ4v) is 0.647. The lowest BCUT2D eigenvalue weighted by molar-refractivity contribution is -0.101. The molecule has 0 saturated carbocycles. The van der Waals surface area contributed by atoms with Gasteiger partial charge in [0, 0.05) is 6.08 Å². The van der Waals surface area contributed by atoms with Gasteiger partial charge in [0.05, 0.1) is 8.81 Å². The number of rotatable bonds is 0. The maximum absolute atomic E-state index is 6.76. The molecule has 0 fully saturated rings. The Morgan fingerprint density at radius 1 is 1.71 bits per heavy atom. The van der Waals surface area contributed by atoms with E-state index in [1.807, 2.05) is 0 Å². The average molecular weight is 117 g/mol. The average Bonchev–Trinajstić information content (AvgIpc) is 1.69. The molecule has 1 N–H and O–H groups in total. The Balaban J connectivity index is 2.51. The van der Waals surface area contributed by atoms with Crippen LogP contribution >= 0.6 is 8.81 Å². The first-order valence-corrected chi connectivity index (χ1v) is 2.72. The van der Waals surface area contributed by atoms with Gasteiger partial charge in [0.1, 0.15) is 0 Å². The summed E-state index contributed by atoms with van der Waals surface area (Å²) in [4.78, 5) is 4.29. The summed E-state index contributed by atoms with van der Waals surface area (Å²) in [5, 5.41) is 6.76. The SMILES string of the molecule is N=C1C=CPOO1. The molecule has 0 saturated heterocycles. The highest BCUT2D eigenvalue weighted by Crippen LogP contribution is 2.17. The summed E-state index contributed by atoms with van der Waals surface area (Å²) in [6, 6.07) is 0. The van der Waals surface area contributed by atoms with Gasteiger partial charge in [-0.2, -0.15) is 4.67 Å². The molecule has 0 bridgehead atoms. The van der Waals surface area contributed by atoms with Crippen LogP contribution in [0.15, 0.2) is 11.9 Å². The Labute approximate surface area is 42.6 Å². The van der Waals surface area contributed by atoms with Gasteiger partial charge in [0.25, 0.3) is 0 Å². The van der Waals surface area contributed by atoms with E-state index < -0.39 is 0 Å². The maximum Gasteiger partial charge on any atom is 0.249 e. The van der Waals surface area contributed by atoms with E-state index in [0.29, 0.717) is 0 Å². The van der Waals surface area contributed by atoms with Gasteiger partial charge in [-0.1, -0.05) is 0 Å². The van der Waals surface area contributed by atoms with Crippen LogP contribution in [-0.4, -0.2) is 5.90 Å². The summed E-state index contributed by atoms with van der Waals surface area (Å²) >= 11 is 0. The highest BCUT2D eigenvalue weighted by molar-refractivity contribution is 7.36. The molecule has 0 radical (unpaired) electrons. The molecule has 4 heteroatoms. The molecule has 1 rings (SSSR count). The summed E-state index contributed by atoms with van der Waals surface area (Å²) in [5.74, 6) is 1.81. The minimum absolute atomic E-state index is 0.0683. The molecule has 0 amide bonds. The van der Waals surface area contributed by atoms with Gasteiger partial charge in [0.2, 0.25) is 5.90 Å². The lowest BCUT2D eigenvalue weighted by Gasteiger charge is -2.02. The fourth-order valence-electron chi connectivity index (χ4n) is 0.234. The summed E-state index contributed by atoms with van der Waals surface area (Å²) in [6.07, 6.45) is 1.56. The van der Waals surface area contributed by atoms with Gasteiger partial charge < -0.3 is 4.89 Å².